The number of nitrogens with one attached hydrogen (secondary N) is 1. The van der Waals surface area contributed by atoms with E-state index in [9.17, 15) is 4.79 Å². The summed E-state index contributed by atoms with van der Waals surface area (Å²) in [5.41, 5.74) is 6.13. The number of anilines is 1. The fraction of sp³-hybridized carbons (Fsp3) is 0.600. The molecule has 0 saturated heterocycles. The molecule has 0 aliphatic carbocycles. The van der Waals surface area contributed by atoms with E-state index < -0.39 is 0 Å². The Morgan fingerprint density at radius 3 is 2.81 bits per heavy atom. The number of nitrogens with two attached hydrogens (primary N) is 1. The first-order valence-corrected chi connectivity index (χ1v) is 6.01. The number of rotatable bonds is 5. The minimum atomic E-state index is -0.205. The van der Waals surface area contributed by atoms with Crippen LogP contribution >= 0.6 is 11.3 Å². The maximum Gasteiger partial charge on any atom is 0.226 e. The monoisotopic (exact) mass is 243 g/mol. The number of aliphatic hydroxyl groups is 1. The predicted molar refractivity (Wildman–Crippen MR) is 64.1 cm³/mol. The van der Waals surface area contributed by atoms with Crippen molar-refractivity contribution >= 4 is 22.4 Å². The minimum absolute atomic E-state index is 0.0530. The average Bonchev–Trinajstić information content (AvgIpc) is 2.60. The van der Waals surface area contributed by atoms with Crippen LogP contribution in [0.1, 0.15) is 19.5 Å². The number of nitrogen functional groups attached to an aromatic ring is 1. The van der Waals surface area contributed by atoms with Crippen molar-refractivity contribution in [2.45, 2.75) is 26.3 Å². The molecule has 0 aliphatic heterocycles. The third-order valence-electron chi connectivity index (χ3n) is 2.26. The van der Waals surface area contributed by atoms with Crippen LogP contribution < -0.4 is 11.1 Å². The van der Waals surface area contributed by atoms with E-state index in [4.69, 9.17) is 10.8 Å². The Labute approximate surface area is 98.7 Å². The molecule has 6 heteroatoms. The third kappa shape index (κ3) is 3.79. The van der Waals surface area contributed by atoms with Gasteiger partial charge in [-0.1, -0.05) is 13.8 Å². The summed E-state index contributed by atoms with van der Waals surface area (Å²) in [6, 6.07) is -0.205. The van der Waals surface area contributed by atoms with Gasteiger partial charge < -0.3 is 16.2 Å². The zero-order valence-electron chi connectivity index (χ0n) is 9.43. The number of carbonyl (C=O) groups excluding carboxylic acids is 1. The molecule has 16 heavy (non-hydrogen) atoms. The maximum atomic E-state index is 11.6. The normalized spacial score (nSPS) is 12.8. The van der Waals surface area contributed by atoms with Crippen molar-refractivity contribution in [3.63, 3.8) is 0 Å². The Kier molecular flexibility index (Phi) is 4.70. The second-order valence-electron chi connectivity index (χ2n) is 3.95. The smallest absolute Gasteiger partial charge is 0.226 e. The number of aromatic nitrogens is 1. The van der Waals surface area contributed by atoms with Crippen molar-refractivity contribution < 1.29 is 9.90 Å². The molecule has 0 saturated carbocycles. The Morgan fingerprint density at radius 2 is 2.38 bits per heavy atom. The van der Waals surface area contributed by atoms with Crippen LogP contribution in [0, 0.1) is 5.92 Å². The van der Waals surface area contributed by atoms with Gasteiger partial charge >= 0.3 is 0 Å². The molecular formula is C10H17N3O2S. The fourth-order valence-corrected chi connectivity index (χ4v) is 1.81. The van der Waals surface area contributed by atoms with E-state index in [1.807, 2.05) is 13.8 Å². The number of carbonyl (C=O) groups is 1. The summed E-state index contributed by atoms with van der Waals surface area (Å²) in [4.78, 5) is 15.6. The van der Waals surface area contributed by atoms with Crippen LogP contribution in [0.2, 0.25) is 0 Å². The summed E-state index contributed by atoms with van der Waals surface area (Å²) >= 11 is 1.31. The van der Waals surface area contributed by atoms with Gasteiger partial charge in [0.1, 0.15) is 0 Å². The number of hydrogen-bond acceptors (Lipinski definition) is 5. The average molecular weight is 243 g/mol. The largest absolute Gasteiger partial charge is 0.394 e. The SMILES string of the molecule is CC(C)[C@@H](CO)NC(=O)Cc1csc(N)n1. The molecular weight excluding hydrogens is 226 g/mol. The van der Waals surface area contributed by atoms with Crippen molar-refractivity contribution in [1.82, 2.24) is 10.3 Å². The van der Waals surface area contributed by atoms with Crippen molar-refractivity contribution in [3.05, 3.63) is 11.1 Å². The van der Waals surface area contributed by atoms with Crippen molar-refractivity contribution in [2.24, 2.45) is 5.92 Å². The summed E-state index contributed by atoms with van der Waals surface area (Å²) < 4.78 is 0. The molecule has 90 valence electrons. The molecule has 1 rings (SSSR count). The first kappa shape index (κ1) is 12.9. The fourth-order valence-electron chi connectivity index (χ4n) is 1.25. The first-order chi connectivity index (χ1) is 7.52. The highest BCUT2D eigenvalue weighted by Gasteiger charge is 2.15. The van der Waals surface area contributed by atoms with E-state index in [1.54, 1.807) is 5.38 Å². The maximum absolute atomic E-state index is 11.6. The van der Waals surface area contributed by atoms with Crippen LogP contribution in [-0.4, -0.2) is 28.6 Å². The van der Waals surface area contributed by atoms with Gasteiger partial charge in [0, 0.05) is 5.38 Å². The molecule has 1 aromatic heterocycles. The summed E-state index contributed by atoms with van der Waals surface area (Å²) in [6.07, 6.45) is 0.205. The molecule has 5 nitrogen and oxygen atoms in total. The van der Waals surface area contributed by atoms with Crippen molar-refractivity contribution in [1.29, 1.82) is 0 Å². The molecule has 0 aliphatic rings. The number of nitrogens with zero attached hydrogens (tertiary/aromatic N) is 1. The van der Waals surface area contributed by atoms with Crippen molar-refractivity contribution in [3.8, 4) is 0 Å². The number of amides is 1. The molecule has 4 N–H and O–H groups in total. The van der Waals surface area contributed by atoms with Gasteiger partial charge in [-0.25, -0.2) is 4.98 Å². The van der Waals surface area contributed by atoms with E-state index >= 15 is 0 Å². The lowest BCUT2D eigenvalue weighted by molar-refractivity contribution is -0.121. The van der Waals surface area contributed by atoms with Crippen LogP contribution in [0.25, 0.3) is 0 Å². The molecule has 0 radical (unpaired) electrons. The van der Waals surface area contributed by atoms with E-state index in [2.05, 4.69) is 10.3 Å². The quantitative estimate of drug-likeness (QED) is 0.698. The topological polar surface area (TPSA) is 88.2 Å². The second kappa shape index (κ2) is 5.81. The zero-order valence-corrected chi connectivity index (χ0v) is 10.3. The summed E-state index contributed by atoms with van der Waals surface area (Å²) in [6.45, 7) is 3.84. The van der Waals surface area contributed by atoms with Crippen LogP contribution in [0.5, 0.6) is 0 Å². The summed E-state index contributed by atoms with van der Waals surface area (Å²) in [5, 5.41) is 14.1. The van der Waals surface area contributed by atoms with Gasteiger partial charge in [-0.2, -0.15) is 0 Å². The van der Waals surface area contributed by atoms with Crippen LogP contribution in [0.15, 0.2) is 5.38 Å². The Bertz CT molecular complexity index is 352. The predicted octanol–water partition coefficient (Wildman–Crippen LogP) is 0.401. The van der Waals surface area contributed by atoms with E-state index in [1.165, 1.54) is 11.3 Å². The molecule has 0 fully saturated rings. The molecule has 0 spiro atoms. The molecule has 1 atom stereocenters. The highest BCUT2D eigenvalue weighted by atomic mass is 32.1. The van der Waals surface area contributed by atoms with Crippen molar-refractivity contribution in [2.75, 3.05) is 12.3 Å². The summed E-state index contributed by atoms with van der Waals surface area (Å²) in [7, 11) is 0. The lowest BCUT2D eigenvalue weighted by atomic mass is 10.1. The number of thiazole rings is 1. The highest BCUT2D eigenvalue weighted by molar-refractivity contribution is 7.13. The Hall–Kier alpha value is -1.14. The lowest BCUT2D eigenvalue weighted by Crippen LogP contribution is -2.41. The number of aliphatic hydroxyl groups excluding tert-OH is 1. The van der Waals surface area contributed by atoms with E-state index in [0.717, 1.165) is 0 Å². The molecule has 1 heterocycles. The van der Waals surface area contributed by atoms with Gasteiger partial charge in [0.25, 0.3) is 0 Å². The molecule has 0 bridgehead atoms. The van der Waals surface area contributed by atoms with Gasteiger partial charge in [0.05, 0.1) is 24.8 Å². The molecule has 0 unspecified atom stereocenters. The minimum Gasteiger partial charge on any atom is -0.394 e. The van der Waals surface area contributed by atoms with Gasteiger partial charge in [-0.3, -0.25) is 4.79 Å². The Balaban J connectivity index is 2.47. The molecule has 1 aromatic rings. The first-order valence-electron chi connectivity index (χ1n) is 5.13. The van der Waals surface area contributed by atoms with Crippen LogP contribution in [-0.2, 0) is 11.2 Å². The lowest BCUT2D eigenvalue weighted by Gasteiger charge is -2.19. The zero-order chi connectivity index (χ0) is 12.1. The second-order valence-corrected chi connectivity index (χ2v) is 4.84. The highest BCUT2D eigenvalue weighted by Crippen LogP contribution is 2.11. The van der Waals surface area contributed by atoms with Crippen LogP contribution in [0.4, 0.5) is 5.13 Å². The standard InChI is InChI=1S/C10H17N3O2S/c1-6(2)8(4-14)13-9(15)3-7-5-16-10(11)12-7/h5-6,8,14H,3-4H2,1-2H3,(H2,11,12)(H,13,15)/t8-/m1/s1. The summed E-state index contributed by atoms with van der Waals surface area (Å²) in [5.74, 6) is 0.0625. The van der Waals surface area contributed by atoms with Gasteiger partial charge in [-0.15, -0.1) is 11.3 Å². The van der Waals surface area contributed by atoms with Gasteiger partial charge in [0.15, 0.2) is 5.13 Å². The van der Waals surface area contributed by atoms with Gasteiger partial charge in [-0.05, 0) is 5.92 Å². The molecule has 0 aromatic carbocycles. The Morgan fingerprint density at radius 1 is 1.69 bits per heavy atom. The third-order valence-corrected chi connectivity index (χ3v) is 2.98. The van der Waals surface area contributed by atoms with Crippen LogP contribution in [0.3, 0.4) is 0 Å². The molecule has 1 amide bonds. The van der Waals surface area contributed by atoms with Gasteiger partial charge in [0.2, 0.25) is 5.91 Å². The van der Waals surface area contributed by atoms with E-state index in [0.29, 0.717) is 10.8 Å². The van der Waals surface area contributed by atoms with E-state index in [-0.39, 0.29) is 30.9 Å². The number of hydrogen-bond donors (Lipinski definition) is 3.